The third-order valence-electron chi connectivity index (χ3n) is 2.17. The Morgan fingerprint density at radius 2 is 2.00 bits per heavy atom. The summed E-state index contributed by atoms with van der Waals surface area (Å²) in [6, 6.07) is 10.3. The van der Waals surface area contributed by atoms with Gasteiger partial charge in [-0.05, 0) is 18.1 Å². The SMILES string of the molecule is CC(COCC(O)CCl)CSc1ccccc1. The number of aliphatic hydroxyl groups excluding tert-OH is 1. The number of hydrogen-bond acceptors (Lipinski definition) is 3. The van der Waals surface area contributed by atoms with Crippen LogP contribution in [0, 0.1) is 5.92 Å². The number of thioether (sulfide) groups is 1. The largest absolute Gasteiger partial charge is 0.389 e. The highest BCUT2D eigenvalue weighted by atomic mass is 35.5. The molecule has 1 N–H and O–H groups in total. The second kappa shape index (κ2) is 8.81. The molecule has 0 bridgehead atoms. The molecule has 4 heteroatoms. The minimum absolute atomic E-state index is 0.229. The van der Waals surface area contributed by atoms with E-state index in [9.17, 15) is 5.11 Å². The number of rotatable bonds is 8. The van der Waals surface area contributed by atoms with Crippen molar-refractivity contribution in [3.8, 4) is 0 Å². The Hall–Kier alpha value is -0.220. The van der Waals surface area contributed by atoms with Crippen molar-refractivity contribution in [1.29, 1.82) is 0 Å². The molecule has 2 nitrogen and oxygen atoms in total. The van der Waals surface area contributed by atoms with Crippen LogP contribution < -0.4 is 0 Å². The van der Waals surface area contributed by atoms with E-state index < -0.39 is 6.10 Å². The molecular weight excluding hydrogens is 256 g/mol. The monoisotopic (exact) mass is 274 g/mol. The van der Waals surface area contributed by atoms with Crippen molar-refractivity contribution in [2.24, 2.45) is 5.92 Å². The van der Waals surface area contributed by atoms with Crippen molar-refractivity contribution >= 4 is 23.4 Å². The average molecular weight is 275 g/mol. The predicted octanol–water partition coefficient (Wildman–Crippen LogP) is 3.03. The lowest BCUT2D eigenvalue weighted by Gasteiger charge is -2.13. The van der Waals surface area contributed by atoms with Gasteiger partial charge in [0.15, 0.2) is 0 Å². The lowest BCUT2D eigenvalue weighted by atomic mass is 10.2. The average Bonchev–Trinajstić information content (AvgIpc) is 2.37. The van der Waals surface area contributed by atoms with E-state index in [0.717, 1.165) is 5.75 Å². The minimum atomic E-state index is -0.550. The van der Waals surface area contributed by atoms with Crippen LogP contribution in [0.1, 0.15) is 6.92 Å². The van der Waals surface area contributed by atoms with E-state index in [-0.39, 0.29) is 5.88 Å². The smallest absolute Gasteiger partial charge is 0.0908 e. The zero-order chi connectivity index (χ0) is 12.5. The van der Waals surface area contributed by atoms with Gasteiger partial charge in [-0.1, -0.05) is 25.1 Å². The Morgan fingerprint density at radius 1 is 1.29 bits per heavy atom. The van der Waals surface area contributed by atoms with Crippen molar-refractivity contribution in [1.82, 2.24) is 0 Å². The molecule has 0 aliphatic carbocycles. The van der Waals surface area contributed by atoms with Gasteiger partial charge >= 0.3 is 0 Å². The quantitative estimate of drug-likeness (QED) is 0.584. The molecule has 0 amide bonds. The molecule has 2 unspecified atom stereocenters. The molecule has 0 aromatic heterocycles. The number of alkyl halides is 1. The summed E-state index contributed by atoms with van der Waals surface area (Å²) >= 11 is 7.30. The molecule has 1 rings (SSSR count). The van der Waals surface area contributed by atoms with Gasteiger partial charge in [0.2, 0.25) is 0 Å². The molecule has 0 saturated carbocycles. The first-order chi connectivity index (χ1) is 8.22. The van der Waals surface area contributed by atoms with Gasteiger partial charge in [-0.2, -0.15) is 0 Å². The zero-order valence-electron chi connectivity index (χ0n) is 10.0. The fourth-order valence-electron chi connectivity index (χ4n) is 1.25. The fraction of sp³-hybridized carbons (Fsp3) is 0.538. The van der Waals surface area contributed by atoms with Gasteiger partial charge in [0.1, 0.15) is 0 Å². The van der Waals surface area contributed by atoms with Crippen molar-refractivity contribution in [3.63, 3.8) is 0 Å². The van der Waals surface area contributed by atoms with Crippen LogP contribution in [0.5, 0.6) is 0 Å². The van der Waals surface area contributed by atoms with E-state index >= 15 is 0 Å². The first-order valence-electron chi connectivity index (χ1n) is 5.72. The molecule has 17 heavy (non-hydrogen) atoms. The van der Waals surface area contributed by atoms with Crippen LogP contribution >= 0.6 is 23.4 Å². The first kappa shape index (κ1) is 14.8. The van der Waals surface area contributed by atoms with E-state index in [2.05, 4.69) is 19.1 Å². The summed E-state index contributed by atoms with van der Waals surface area (Å²) in [6.07, 6.45) is -0.550. The van der Waals surface area contributed by atoms with Crippen LogP contribution in [0.4, 0.5) is 0 Å². The van der Waals surface area contributed by atoms with Crippen LogP contribution in [0.2, 0.25) is 0 Å². The number of hydrogen-bond donors (Lipinski definition) is 1. The number of benzene rings is 1. The predicted molar refractivity (Wildman–Crippen MR) is 73.9 cm³/mol. The molecule has 0 aliphatic heterocycles. The zero-order valence-corrected chi connectivity index (χ0v) is 11.6. The Labute approximate surface area is 112 Å². The Bertz CT molecular complexity index is 295. The summed E-state index contributed by atoms with van der Waals surface area (Å²) < 4.78 is 5.39. The molecule has 0 fully saturated rings. The highest BCUT2D eigenvalue weighted by Gasteiger charge is 2.06. The summed E-state index contributed by atoms with van der Waals surface area (Å²) in [7, 11) is 0. The Kier molecular flexibility index (Phi) is 7.69. The Balaban J connectivity index is 2.11. The van der Waals surface area contributed by atoms with Crippen molar-refractivity contribution in [2.45, 2.75) is 17.9 Å². The van der Waals surface area contributed by atoms with Gasteiger partial charge in [-0.3, -0.25) is 0 Å². The second-order valence-electron chi connectivity index (χ2n) is 4.07. The first-order valence-corrected chi connectivity index (χ1v) is 7.24. The summed E-state index contributed by atoms with van der Waals surface area (Å²) in [4.78, 5) is 1.28. The molecular formula is C13H19ClO2S. The van der Waals surface area contributed by atoms with Crippen molar-refractivity contribution in [2.75, 3.05) is 24.8 Å². The molecule has 1 aromatic carbocycles. The third-order valence-corrected chi connectivity index (χ3v) is 3.87. The number of aliphatic hydroxyl groups is 1. The molecule has 0 spiro atoms. The van der Waals surface area contributed by atoms with Gasteiger partial charge in [-0.25, -0.2) is 0 Å². The third kappa shape index (κ3) is 6.94. The maximum absolute atomic E-state index is 9.22. The lowest BCUT2D eigenvalue weighted by Crippen LogP contribution is -2.19. The van der Waals surface area contributed by atoms with E-state index in [0.29, 0.717) is 19.1 Å². The maximum atomic E-state index is 9.22. The molecule has 0 aliphatic rings. The molecule has 2 atom stereocenters. The minimum Gasteiger partial charge on any atom is -0.389 e. The fourth-order valence-corrected chi connectivity index (χ4v) is 2.26. The summed E-state index contributed by atoms with van der Waals surface area (Å²) in [5, 5.41) is 9.22. The van der Waals surface area contributed by atoms with Crippen LogP contribution in [0.15, 0.2) is 35.2 Å². The highest BCUT2D eigenvalue weighted by Crippen LogP contribution is 2.20. The molecule has 0 radical (unpaired) electrons. The van der Waals surface area contributed by atoms with Crippen LogP contribution in [0.25, 0.3) is 0 Å². The summed E-state index contributed by atoms with van der Waals surface area (Å²) in [6.45, 7) is 3.13. The molecule has 0 saturated heterocycles. The lowest BCUT2D eigenvalue weighted by molar-refractivity contribution is 0.0365. The van der Waals surface area contributed by atoms with E-state index in [4.69, 9.17) is 16.3 Å². The summed E-state index contributed by atoms with van der Waals surface area (Å²) in [5.41, 5.74) is 0. The number of ether oxygens (including phenoxy) is 1. The molecule has 1 aromatic rings. The van der Waals surface area contributed by atoms with Crippen molar-refractivity contribution in [3.05, 3.63) is 30.3 Å². The van der Waals surface area contributed by atoms with E-state index in [1.54, 1.807) is 0 Å². The second-order valence-corrected chi connectivity index (χ2v) is 5.48. The van der Waals surface area contributed by atoms with Crippen molar-refractivity contribution < 1.29 is 9.84 Å². The van der Waals surface area contributed by atoms with E-state index in [1.807, 2.05) is 30.0 Å². The van der Waals surface area contributed by atoms with Gasteiger partial charge in [-0.15, -0.1) is 23.4 Å². The van der Waals surface area contributed by atoms with Crippen LogP contribution in [-0.4, -0.2) is 36.1 Å². The van der Waals surface area contributed by atoms with Gasteiger partial charge in [0.05, 0.1) is 25.2 Å². The maximum Gasteiger partial charge on any atom is 0.0908 e. The van der Waals surface area contributed by atoms with Gasteiger partial charge in [0, 0.05) is 10.6 Å². The topological polar surface area (TPSA) is 29.5 Å². The standard InChI is InChI=1S/C13H19ClO2S/c1-11(8-16-9-12(15)7-14)10-17-13-5-3-2-4-6-13/h2-6,11-12,15H,7-10H2,1H3. The molecule has 0 heterocycles. The van der Waals surface area contributed by atoms with Crippen LogP contribution in [-0.2, 0) is 4.74 Å². The van der Waals surface area contributed by atoms with Crippen LogP contribution in [0.3, 0.4) is 0 Å². The molecule has 96 valence electrons. The van der Waals surface area contributed by atoms with Gasteiger partial charge in [0.25, 0.3) is 0 Å². The van der Waals surface area contributed by atoms with E-state index in [1.165, 1.54) is 4.90 Å². The normalized spacial score (nSPS) is 14.5. The Morgan fingerprint density at radius 3 is 2.65 bits per heavy atom. The highest BCUT2D eigenvalue weighted by molar-refractivity contribution is 7.99. The number of halogens is 1. The summed E-state index contributed by atoms with van der Waals surface area (Å²) in [5.74, 6) is 1.71. The van der Waals surface area contributed by atoms with Gasteiger partial charge < -0.3 is 9.84 Å².